The second-order valence-electron chi connectivity index (χ2n) is 5.21. The molecule has 4 N–H and O–H groups in total. The highest BCUT2D eigenvalue weighted by Crippen LogP contribution is 2.37. The lowest BCUT2D eigenvalue weighted by Crippen LogP contribution is -2.42. The van der Waals surface area contributed by atoms with Crippen molar-refractivity contribution < 1.29 is 19.4 Å². The molecule has 0 saturated carbocycles. The fourth-order valence-corrected chi connectivity index (χ4v) is 1.95. The van der Waals surface area contributed by atoms with Crippen LogP contribution in [-0.2, 0) is 11.3 Å². The van der Waals surface area contributed by atoms with Crippen molar-refractivity contribution in [1.29, 1.82) is 0 Å². The van der Waals surface area contributed by atoms with E-state index in [1.165, 1.54) is 6.07 Å². The van der Waals surface area contributed by atoms with Gasteiger partial charge in [0.1, 0.15) is 5.75 Å². The van der Waals surface area contributed by atoms with Gasteiger partial charge in [-0.3, -0.25) is 4.79 Å². The second kappa shape index (κ2) is 4.97. The topological polar surface area (TPSA) is 93.8 Å². The van der Waals surface area contributed by atoms with Crippen LogP contribution in [0.4, 0.5) is 0 Å². The molecule has 1 aromatic carbocycles. The number of hydrogen-bond donors (Lipinski definition) is 3. The Labute approximate surface area is 111 Å². The van der Waals surface area contributed by atoms with Crippen LogP contribution in [0.3, 0.4) is 0 Å². The Bertz CT molecular complexity index is 500. The van der Waals surface area contributed by atoms with Gasteiger partial charge in [-0.05, 0) is 19.9 Å². The first-order chi connectivity index (χ1) is 8.87. The summed E-state index contributed by atoms with van der Waals surface area (Å²) in [5, 5.41) is 13.1. The molecule has 1 heterocycles. The lowest BCUT2D eigenvalue weighted by Gasteiger charge is -2.25. The van der Waals surface area contributed by atoms with Crippen LogP contribution in [0.1, 0.15) is 25.8 Å². The van der Waals surface area contributed by atoms with Gasteiger partial charge in [-0.15, -0.1) is 0 Å². The number of amides is 1. The van der Waals surface area contributed by atoms with Crippen LogP contribution in [0.2, 0.25) is 0 Å². The third-order valence-corrected chi connectivity index (χ3v) is 2.95. The molecule has 0 atom stereocenters. The molecular formula is C13H18N2O4. The fourth-order valence-electron chi connectivity index (χ4n) is 1.95. The first-order valence-electron chi connectivity index (χ1n) is 6.02. The molecule has 1 aromatic rings. The Morgan fingerprint density at radius 3 is 2.68 bits per heavy atom. The fraction of sp³-hybridized carbons (Fsp3) is 0.462. The summed E-state index contributed by atoms with van der Waals surface area (Å²) in [4.78, 5) is 10.9. The molecule has 0 unspecified atom stereocenters. The molecule has 0 aliphatic carbocycles. The number of phenolic OH excluding ortho intramolecular Hbond substituents is 1. The van der Waals surface area contributed by atoms with Crippen LogP contribution < -0.4 is 20.5 Å². The van der Waals surface area contributed by atoms with Gasteiger partial charge < -0.3 is 25.6 Å². The number of nitrogens with one attached hydrogen (secondary N) is 1. The zero-order valence-corrected chi connectivity index (χ0v) is 11.0. The molecule has 1 amide bonds. The van der Waals surface area contributed by atoms with Crippen molar-refractivity contribution in [3.63, 3.8) is 0 Å². The molecule has 19 heavy (non-hydrogen) atoms. The highest BCUT2D eigenvalue weighted by molar-refractivity contribution is 5.75. The van der Waals surface area contributed by atoms with Crippen molar-refractivity contribution in [2.24, 2.45) is 5.73 Å². The molecular weight excluding hydrogens is 248 g/mol. The normalized spacial score (nSPS) is 13.6. The summed E-state index contributed by atoms with van der Waals surface area (Å²) in [6.07, 6.45) is 0.221. The SMILES string of the molecule is CC(C)(CC(N)=O)NCc1cc2c(cc1O)OCO2. The summed E-state index contributed by atoms with van der Waals surface area (Å²) in [6.45, 7) is 4.32. The van der Waals surface area contributed by atoms with E-state index in [2.05, 4.69) is 5.32 Å². The predicted octanol–water partition coefficient (Wildman–Crippen LogP) is 0.864. The second-order valence-corrected chi connectivity index (χ2v) is 5.21. The van der Waals surface area contributed by atoms with E-state index in [1.807, 2.05) is 13.8 Å². The number of benzene rings is 1. The predicted molar refractivity (Wildman–Crippen MR) is 69.0 cm³/mol. The third kappa shape index (κ3) is 3.29. The lowest BCUT2D eigenvalue weighted by molar-refractivity contribution is -0.119. The molecule has 0 aromatic heterocycles. The summed E-state index contributed by atoms with van der Waals surface area (Å²) in [7, 11) is 0. The summed E-state index contributed by atoms with van der Waals surface area (Å²) in [6, 6.07) is 3.26. The van der Waals surface area contributed by atoms with E-state index in [0.717, 1.165) is 0 Å². The van der Waals surface area contributed by atoms with Crippen molar-refractivity contribution in [1.82, 2.24) is 5.32 Å². The Hall–Kier alpha value is -1.95. The van der Waals surface area contributed by atoms with Crippen molar-refractivity contribution >= 4 is 5.91 Å². The highest BCUT2D eigenvalue weighted by atomic mass is 16.7. The minimum Gasteiger partial charge on any atom is -0.507 e. The van der Waals surface area contributed by atoms with Crippen molar-refractivity contribution in [3.05, 3.63) is 17.7 Å². The first-order valence-corrected chi connectivity index (χ1v) is 6.02. The maximum absolute atomic E-state index is 10.9. The molecule has 0 saturated heterocycles. The van der Waals surface area contributed by atoms with Gasteiger partial charge in [0.15, 0.2) is 11.5 Å². The van der Waals surface area contributed by atoms with Crippen LogP contribution in [-0.4, -0.2) is 23.3 Å². The minimum atomic E-state index is -0.436. The summed E-state index contributed by atoms with van der Waals surface area (Å²) in [5.74, 6) is 0.916. The zero-order chi connectivity index (χ0) is 14.0. The smallest absolute Gasteiger partial charge is 0.231 e. The summed E-state index contributed by atoms with van der Waals surface area (Å²) >= 11 is 0. The largest absolute Gasteiger partial charge is 0.507 e. The van der Waals surface area contributed by atoms with Gasteiger partial charge in [0.25, 0.3) is 0 Å². The lowest BCUT2D eigenvalue weighted by atomic mass is 9.99. The average Bonchev–Trinajstić information content (AvgIpc) is 2.71. The number of primary amides is 1. The Morgan fingerprint density at radius 1 is 1.42 bits per heavy atom. The maximum atomic E-state index is 10.9. The standard InChI is InChI=1S/C13H18N2O4/c1-13(2,5-12(14)17)15-6-8-3-10-11(4-9(8)16)19-7-18-10/h3-4,15-16H,5-7H2,1-2H3,(H2,14,17). The van der Waals surface area contributed by atoms with E-state index in [0.29, 0.717) is 23.6 Å². The molecule has 1 aliphatic rings. The molecule has 2 rings (SSSR count). The monoisotopic (exact) mass is 266 g/mol. The number of nitrogens with two attached hydrogens (primary N) is 1. The van der Waals surface area contributed by atoms with Gasteiger partial charge in [0.05, 0.1) is 0 Å². The van der Waals surface area contributed by atoms with E-state index in [1.54, 1.807) is 6.07 Å². The Kier molecular flexibility index (Phi) is 3.53. The van der Waals surface area contributed by atoms with Crippen LogP contribution in [0.5, 0.6) is 17.2 Å². The zero-order valence-electron chi connectivity index (χ0n) is 11.0. The Balaban J connectivity index is 2.06. The van der Waals surface area contributed by atoms with Gasteiger partial charge in [-0.25, -0.2) is 0 Å². The van der Waals surface area contributed by atoms with Crippen LogP contribution in [0.15, 0.2) is 12.1 Å². The van der Waals surface area contributed by atoms with E-state index in [9.17, 15) is 9.90 Å². The number of carbonyl (C=O) groups is 1. The van der Waals surface area contributed by atoms with Crippen molar-refractivity contribution in [2.45, 2.75) is 32.4 Å². The number of rotatable bonds is 5. The molecule has 0 bridgehead atoms. The number of carbonyl (C=O) groups excluding carboxylic acids is 1. The minimum absolute atomic E-state index is 0.131. The van der Waals surface area contributed by atoms with Gasteiger partial charge >= 0.3 is 0 Å². The van der Waals surface area contributed by atoms with E-state index in [4.69, 9.17) is 15.2 Å². The first kappa shape index (κ1) is 13.5. The van der Waals surface area contributed by atoms with E-state index >= 15 is 0 Å². The van der Waals surface area contributed by atoms with Crippen LogP contribution in [0, 0.1) is 0 Å². The molecule has 0 radical (unpaired) electrons. The Morgan fingerprint density at radius 2 is 2.05 bits per heavy atom. The molecule has 0 fully saturated rings. The average molecular weight is 266 g/mol. The van der Waals surface area contributed by atoms with Crippen LogP contribution in [0.25, 0.3) is 0 Å². The quantitative estimate of drug-likeness (QED) is 0.735. The molecule has 104 valence electrons. The maximum Gasteiger partial charge on any atom is 0.231 e. The van der Waals surface area contributed by atoms with E-state index in [-0.39, 0.29) is 24.9 Å². The molecule has 0 spiro atoms. The number of fused-ring (bicyclic) bond motifs is 1. The number of phenols is 1. The van der Waals surface area contributed by atoms with Gasteiger partial charge in [-0.1, -0.05) is 0 Å². The van der Waals surface area contributed by atoms with E-state index < -0.39 is 5.54 Å². The molecule has 6 heteroatoms. The number of ether oxygens (including phenoxy) is 2. The van der Waals surface area contributed by atoms with Gasteiger partial charge in [0, 0.05) is 30.1 Å². The molecule has 6 nitrogen and oxygen atoms in total. The summed E-state index contributed by atoms with van der Waals surface area (Å²) in [5.41, 5.74) is 5.43. The number of aromatic hydroxyl groups is 1. The molecule has 1 aliphatic heterocycles. The number of hydrogen-bond acceptors (Lipinski definition) is 5. The van der Waals surface area contributed by atoms with Crippen molar-refractivity contribution in [3.8, 4) is 17.2 Å². The summed E-state index contributed by atoms with van der Waals surface area (Å²) < 4.78 is 10.4. The third-order valence-electron chi connectivity index (χ3n) is 2.95. The van der Waals surface area contributed by atoms with Gasteiger partial charge in [0.2, 0.25) is 12.7 Å². The van der Waals surface area contributed by atoms with Crippen molar-refractivity contribution in [2.75, 3.05) is 6.79 Å². The highest BCUT2D eigenvalue weighted by Gasteiger charge is 2.22. The van der Waals surface area contributed by atoms with Gasteiger partial charge in [-0.2, -0.15) is 0 Å². The van der Waals surface area contributed by atoms with Crippen LogP contribution >= 0.6 is 0 Å².